The lowest BCUT2D eigenvalue weighted by Gasteiger charge is -2.22. The summed E-state index contributed by atoms with van der Waals surface area (Å²) in [6.07, 6.45) is 4.69. The summed E-state index contributed by atoms with van der Waals surface area (Å²) >= 11 is 6.01. The molecule has 0 aliphatic carbocycles. The van der Waals surface area contributed by atoms with Gasteiger partial charge in [-0.1, -0.05) is 17.7 Å². The van der Waals surface area contributed by atoms with Gasteiger partial charge in [-0.15, -0.1) is 0 Å². The van der Waals surface area contributed by atoms with Gasteiger partial charge in [-0.25, -0.2) is 0 Å². The van der Waals surface area contributed by atoms with Crippen LogP contribution in [0.1, 0.15) is 27.1 Å². The standard InChI is InChI=1S/C23H22ClN3O2/c24-20-6-3-5-19(17-20)23(29)27-14-4-13-26(15-16-27)22(28)18-7-9-21(10-8-18)25-11-1-2-12-25/h1-3,5-12,17H,4,13-16H2. The SMILES string of the molecule is O=C(c1ccc(-n2cccc2)cc1)N1CCCN(C(=O)c2cccc(Cl)c2)CC1. The van der Waals surface area contributed by atoms with E-state index >= 15 is 0 Å². The number of aromatic nitrogens is 1. The van der Waals surface area contributed by atoms with Crippen molar-refractivity contribution in [3.8, 4) is 5.69 Å². The molecule has 1 aliphatic rings. The Morgan fingerprint density at radius 2 is 1.34 bits per heavy atom. The molecular formula is C23H22ClN3O2. The Morgan fingerprint density at radius 3 is 1.97 bits per heavy atom. The summed E-state index contributed by atoms with van der Waals surface area (Å²) in [5.74, 6) is -0.0426. The molecule has 2 amide bonds. The molecule has 1 saturated heterocycles. The van der Waals surface area contributed by atoms with Gasteiger partial charge in [0, 0.05) is 60.4 Å². The number of nitrogens with zero attached hydrogens (tertiary/aromatic N) is 3. The third-order valence-corrected chi connectivity index (χ3v) is 5.39. The second-order valence-corrected chi connectivity index (χ2v) is 7.52. The minimum Gasteiger partial charge on any atom is -0.337 e. The monoisotopic (exact) mass is 407 g/mol. The van der Waals surface area contributed by atoms with Gasteiger partial charge in [-0.2, -0.15) is 0 Å². The van der Waals surface area contributed by atoms with Crippen LogP contribution in [0.2, 0.25) is 5.02 Å². The van der Waals surface area contributed by atoms with Crippen LogP contribution in [0, 0.1) is 0 Å². The first kappa shape index (κ1) is 19.3. The number of amides is 2. The number of hydrogen-bond donors (Lipinski definition) is 0. The summed E-state index contributed by atoms with van der Waals surface area (Å²) in [7, 11) is 0. The number of halogens is 1. The number of carbonyl (C=O) groups is 2. The van der Waals surface area contributed by atoms with E-state index in [4.69, 9.17) is 11.6 Å². The Morgan fingerprint density at radius 1 is 0.724 bits per heavy atom. The van der Waals surface area contributed by atoms with Crippen LogP contribution in [0.5, 0.6) is 0 Å². The average molecular weight is 408 g/mol. The van der Waals surface area contributed by atoms with Gasteiger partial charge in [0.2, 0.25) is 0 Å². The van der Waals surface area contributed by atoms with Crippen LogP contribution in [-0.2, 0) is 0 Å². The molecule has 2 heterocycles. The van der Waals surface area contributed by atoms with Crippen LogP contribution in [0.3, 0.4) is 0 Å². The maximum atomic E-state index is 12.9. The maximum Gasteiger partial charge on any atom is 0.253 e. The van der Waals surface area contributed by atoms with Crippen molar-refractivity contribution in [2.24, 2.45) is 0 Å². The number of benzene rings is 2. The van der Waals surface area contributed by atoms with Crippen LogP contribution in [0.15, 0.2) is 73.1 Å². The lowest BCUT2D eigenvalue weighted by molar-refractivity contribution is 0.0719. The predicted octanol–water partition coefficient (Wildman–Crippen LogP) is 4.12. The second kappa shape index (κ2) is 8.53. The largest absolute Gasteiger partial charge is 0.337 e. The average Bonchev–Trinajstić information content (AvgIpc) is 3.17. The number of rotatable bonds is 3. The van der Waals surface area contributed by atoms with Crippen molar-refractivity contribution in [2.45, 2.75) is 6.42 Å². The van der Waals surface area contributed by atoms with Crippen molar-refractivity contribution in [2.75, 3.05) is 26.2 Å². The fourth-order valence-corrected chi connectivity index (χ4v) is 3.78. The smallest absolute Gasteiger partial charge is 0.253 e. The van der Waals surface area contributed by atoms with Crippen LogP contribution in [0.4, 0.5) is 0 Å². The van der Waals surface area contributed by atoms with Crippen molar-refractivity contribution in [3.05, 3.63) is 89.2 Å². The molecule has 148 valence electrons. The van der Waals surface area contributed by atoms with Gasteiger partial charge in [-0.3, -0.25) is 9.59 Å². The summed E-state index contributed by atoms with van der Waals surface area (Å²) < 4.78 is 2.00. The van der Waals surface area contributed by atoms with Crippen LogP contribution >= 0.6 is 11.6 Å². The number of hydrogen-bond acceptors (Lipinski definition) is 2. The Balaban J connectivity index is 1.41. The molecule has 1 aromatic heterocycles. The first-order valence-electron chi connectivity index (χ1n) is 9.69. The third-order valence-electron chi connectivity index (χ3n) is 5.16. The van der Waals surface area contributed by atoms with Crippen LogP contribution in [0.25, 0.3) is 5.69 Å². The highest BCUT2D eigenvalue weighted by Crippen LogP contribution is 2.16. The van der Waals surface area contributed by atoms with E-state index in [1.54, 1.807) is 29.2 Å². The van der Waals surface area contributed by atoms with E-state index in [0.717, 1.165) is 12.1 Å². The zero-order chi connectivity index (χ0) is 20.2. The molecule has 0 N–H and O–H groups in total. The molecular weight excluding hydrogens is 386 g/mol. The fraction of sp³-hybridized carbons (Fsp3) is 0.217. The molecule has 0 radical (unpaired) electrons. The first-order chi connectivity index (χ1) is 14.1. The number of carbonyl (C=O) groups excluding carboxylic acids is 2. The zero-order valence-corrected chi connectivity index (χ0v) is 16.8. The third kappa shape index (κ3) is 4.35. The summed E-state index contributed by atoms with van der Waals surface area (Å²) in [5, 5.41) is 0.547. The fourth-order valence-electron chi connectivity index (χ4n) is 3.59. The zero-order valence-electron chi connectivity index (χ0n) is 16.0. The Labute approximate surface area is 175 Å². The highest BCUT2D eigenvalue weighted by molar-refractivity contribution is 6.30. The molecule has 1 fully saturated rings. The van der Waals surface area contributed by atoms with Crippen molar-refractivity contribution in [1.82, 2.24) is 14.4 Å². The lowest BCUT2D eigenvalue weighted by Crippen LogP contribution is -2.37. The molecule has 1 aliphatic heterocycles. The maximum absolute atomic E-state index is 12.9. The van der Waals surface area contributed by atoms with E-state index in [-0.39, 0.29) is 11.8 Å². The molecule has 0 bridgehead atoms. The normalized spacial score (nSPS) is 14.5. The molecule has 5 nitrogen and oxygen atoms in total. The Kier molecular flexibility index (Phi) is 5.67. The topological polar surface area (TPSA) is 45.6 Å². The predicted molar refractivity (Wildman–Crippen MR) is 114 cm³/mol. The molecule has 4 rings (SSSR count). The van der Waals surface area contributed by atoms with Gasteiger partial charge in [0.15, 0.2) is 0 Å². The minimum atomic E-state index is -0.0436. The van der Waals surface area contributed by atoms with E-state index in [2.05, 4.69) is 0 Å². The molecule has 29 heavy (non-hydrogen) atoms. The van der Waals surface area contributed by atoms with Crippen LogP contribution < -0.4 is 0 Å². The summed E-state index contributed by atoms with van der Waals surface area (Å²) in [6.45, 7) is 2.29. The molecule has 2 aromatic carbocycles. The quantitative estimate of drug-likeness (QED) is 0.655. The van der Waals surface area contributed by atoms with E-state index < -0.39 is 0 Å². The van der Waals surface area contributed by atoms with Gasteiger partial charge >= 0.3 is 0 Å². The molecule has 3 aromatic rings. The summed E-state index contributed by atoms with van der Waals surface area (Å²) in [5.41, 5.74) is 2.26. The second-order valence-electron chi connectivity index (χ2n) is 7.09. The Hall–Kier alpha value is -3.05. The van der Waals surface area contributed by atoms with E-state index in [1.807, 2.05) is 58.3 Å². The van der Waals surface area contributed by atoms with Crippen LogP contribution in [-0.4, -0.2) is 52.4 Å². The molecule has 0 unspecified atom stereocenters. The van der Waals surface area contributed by atoms with Crippen molar-refractivity contribution < 1.29 is 9.59 Å². The lowest BCUT2D eigenvalue weighted by atomic mass is 10.1. The molecule has 0 spiro atoms. The van der Waals surface area contributed by atoms with E-state index in [1.165, 1.54) is 0 Å². The van der Waals surface area contributed by atoms with Gasteiger partial charge in [0.25, 0.3) is 11.8 Å². The minimum absolute atomic E-state index is 0.00103. The van der Waals surface area contributed by atoms with Gasteiger partial charge in [-0.05, 0) is 61.0 Å². The van der Waals surface area contributed by atoms with Gasteiger partial charge in [0.05, 0.1) is 0 Å². The highest BCUT2D eigenvalue weighted by atomic mass is 35.5. The highest BCUT2D eigenvalue weighted by Gasteiger charge is 2.23. The summed E-state index contributed by atoms with van der Waals surface area (Å²) in [6, 6.07) is 18.5. The molecule has 0 atom stereocenters. The van der Waals surface area contributed by atoms with Crippen molar-refractivity contribution >= 4 is 23.4 Å². The van der Waals surface area contributed by atoms with E-state index in [9.17, 15) is 9.59 Å². The van der Waals surface area contributed by atoms with Gasteiger partial charge in [0.1, 0.15) is 0 Å². The molecule has 0 saturated carbocycles. The van der Waals surface area contributed by atoms with Gasteiger partial charge < -0.3 is 14.4 Å². The van der Waals surface area contributed by atoms with Crippen molar-refractivity contribution in [1.29, 1.82) is 0 Å². The summed E-state index contributed by atoms with van der Waals surface area (Å²) in [4.78, 5) is 29.3. The van der Waals surface area contributed by atoms with Crippen molar-refractivity contribution in [3.63, 3.8) is 0 Å². The van der Waals surface area contributed by atoms with E-state index in [0.29, 0.717) is 42.3 Å². The first-order valence-corrected chi connectivity index (χ1v) is 10.1. The molecule has 6 heteroatoms. The Bertz CT molecular complexity index is 999.